The number of carboxylic acid groups (broad SMARTS) is 1. The Kier molecular flexibility index (Phi) is 4.23. The molecule has 0 fully saturated rings. The maximum atomic E-state index is 13.4. The molecule has 0 atom stereocenters. The van der Waals surface area contributed by atoms with Crippen molar-refractivity contribution < 1.29 is 23.5 Å². The fourth-order valence-electron chi connectivity index (χ4n) is 1.68. The number of hydrogen-bond donors (Lipinski definition) is 0. The molecule has 2 rings (SSSR count). The quantitative estimate of drug-likeness (QED) is 0.640. The van der Waals surface area contributed by atoms with E-state index < -0.39 is 23.4 Å². The van der Waals surface area contributed by atoms with Crippen molar-refractivity contribution in [3.8, 4) is 0 Å². The van der Waals surface area contributed by atoms with Crippen LogP contribution in [0.5, 0.6) is 0 Å². The van der Waals surface area contributed by atoms with Gasteiger partial charge in [0.05, 0.1) is 11.5 Å². The van der Waals surface area contributed by atoms with Crippen molar-refractivity contribution in [1.29, 1.82) is 0 Å². The molecule has 0 aliphatic carbocycles. The normalized spacial score (nSPS) is 10.8. The maximum Gasteiger partial charge on any atom is 0.188 e. The number of halogens is 2. The standard InChI is InChI=1S/C16H10F2O3/c17-12-6-7-14(18)13(9-12)15(19)8-3-10-1-4-11(5-2-10)16(20)21/h1-9H,(H,20,21)/p-1/b8-3+. The molecule has 2 aromatic rings. The molecule has 0 saturated carbocycles. The molecule has 21 heavy (non-hydrogen) atoms. The highest BCUT2D eigenvalue weighted by Gasteiger charge is 2.09. The zero-order valence-electron chi connectivity index (χ0n) is 10.7. The molecule has 106 valence electrons. The van der Waals surface area contributed by atoms with Crippen molar-refractivity contribution in [2.45, 2.75) is 0 Å². The molecule has 0 heterocycles. The number of allylic oxidation sites excluding steroid dienone is 1. The van der Waals surface area contributed by atoms with Crippen molar-refractivity contribution >= 4 is 17.8 Å². The van der Waals surface area contributed by atoms with Gasteiger partial charge in [0.2, 0.25) is 0 Å². The Labute approximate surface area is 119 Å². The van der Waals surface area contributed by atoms with Gasteiger partial charge in [0.1, 0.15) is 11.6 Å². The number of rotatable bonds is 4. The van der Waals surface area contributed by atoms with E-state index in [-0.39, 0.29) is 11.1 Å². The topological polar surface area (TPSA) is 57.2 Å². The van der Waals surface area contributed by atoms with Crippen molar-refractivity contribution in [3.05, 3.63) is 76.9 Å². The lowest BCUT2D eigenvalue weighted by atomic mass is 10.1. The van der Waals surface area contributed by atoms with Gasteiger partial charge in [-0.05, 0) is 35.4 Å². The van der Waals surface area contributed by atoms with Crippen molar-refractivity contribution in [3.63, 3.8) is 0 Å². The van der Waals surface area contributed by atoms with E-state index in [2.05, 4.69) is 0 Å². The highest BCUT2D eigenvalue weighted by atomic mass is 19.1. The molecular weight excluding hydrogens is 278 g/mol. The number of benzene rings is 2. The zero-order valence-corrected chi connectivity index (χ0v) is 10.7. The van der Waals surface area contributed by atoms with Gasteiger partial charge in [-0.3, -0.25) is 4.79 Å². The summed E-state index contributed by atoms with van der Waals surface area (Å²) in [5.74, 6) is -3.50. The van der Waals surface area contributed by atoms with Crippen LogP contribution in [0.1, 0.15) is 26.3 Å². The van der Waals surface area contributed by atoms with Crippen LogP contribution < -0.4 is 5.11 Å². The molecule has 3 nitrogen and oxygen atoms in total. The van der Waals surface area contributed by atoms with Crippen LogP contribution in [0.4, 0.5) is 8.78 Å². The maximum absolute atomic E-state index is 13.4. The Balaban J connectivity index is 2.18. The molecule has 0 aliphatic rings. The van der Waals surface area contributed by atoms with Crippen LogP contribution in [0.2, 0.25) is 0 Å². The Morgan fingerprint density at radius 2 is 1.67 bits per heavy atom. The molecular formula is C16H9F2O3-. The third kappa shape index (κ3) is 3.60. The largest absolute Gasteiger partial charge is 0.545 e. The number of carbonyl (C=O) groups is 2. The van der Waals surface area contributed by atoms with Crippen LogP contribution in [-0.2, 0) is 0 Å². The lowest BCUT2D eigenvalue weighted by Gasteiger charge is -2.02. The van der Waals surface area contributed by atoms with Gasteiger partial charge in [-0.15, -0.1) is 0 Å². The van der Waals surface area contributed by atoms with E-state index in [1.54, 1.807) is 0 Å². The number of ketones is 1. The van der Waals surface area contributed by atoms with Crippen LogP contribution in [0.25, 0.3) is 6.08 Å². The van der Waals surface area contributed by atoms with E-state index in [1.807, 2.05) is 0 Å². The average Bonchev–Trinajstić information content (AvgIpc) is 2.47. The lowest BCUT2D eigenvalue weighted by Crippen LogP contribution is -2.21. The second kappa shape index (κ2) is 6.09. The first kappa shape index (κ1) is 14.6. The van der Waals surface area contributed by atoms with Crippen molar-refractivity contribution in [2.24, 2.45) is 0 Å². The van der Waals surface area contributed by atoms with Gasteiger partial charge in [-0.2, -0.15) is 0 Å². The molecule has 0 bridgehead atoms. The van der Waals surface area contributed by atoms with Crippen LogP contribution in [0.3, 0.4) is 0 Å². The molecule has 0 saturated heterocycles. The summed E-state index contributed by atoms with van der Waals surface area (Å²) >= 11 is 0. The Hall–Kier alpha value is -2.82. The molecule has 5 heteroatoms. The van der Waals surface area contributed by atoms with Crippen LogP contribution >= 0.6 is 0 Å². The highest BCUT2D eigenvalue weighted by molar-refractivity contribution is 6.07. The minimum atomic E-state index is -1.30. The van der Waals surface area contributed by atoms with Crippen LogP contribution in [-0.4, -0.2) is 11.8 Å². The summed E-state index contributed by atoms with van der Waals surface area (Å²) in [4.78, 5) is 22.3. The van der Waals surface area contributed by atoms with Crippen LogP contribution in [0.15, 0.2) is 48.5 Å². The van der Waals surface area contributed by atoms with E-state index in [0.717, 1.165) is 24.3 Å². The second-order valence-electron chi connectivity index (χ2n) is 4.23. The van der Waals surface area contributed by atoms with E-state index >= 15 is 0 Å². The third-order valence-corrected chi connectivity index (χ3v) is 2.77. The van der Waals surface area contributed by atoms with E-state index in [9.17, 15) is 23.5 Å². The smallest absolute Gasteiger partial charge is 0.188 e. The SMILES string of the molecule is O=C([O-])c1ccc(/C=C/C(=O)c2cc(F)ccc2F)cc1. The number of aromatic carboxylic acids is 1. The number of hydrogen-bond acceptors (Lipinski definition) is 3. The Bertz CT molecular complexity index is 719. The predicted octanol–water partition coefficient (Wildman–Crippen LogP) is 2.22. The summed E-state index contributed by atoms with van der Waals surface area (Å²) in [5, 5.41) is 10.6. The fourth-order valence-corrected chi connectivity index (χ4v) is 1.68. The molecule has 0 amide bonds. The average molecular weight is 287 g/mol. The first-order valence-electron chi connectivity index (χ1n) is 5.96. The summed E-state index contributed by atoms with van der Waals surface area (Å²) in [5.41, 5.74) is 0.192. The predicted molar refractivity (Wildman–Crippen MR) is 70.5 cm³/mol. The van der Waals surface area contributed by atoms with Crippen molar-refractivity contribution in [2.75, 3.05) is 0 Å². The van der Waals surface area contributed by atoms with Gasteiger partial charge in [0.25, 0.3) is 0 Å². The highest BCUT2D eigenvalue weighted by Crippen LogP contribution is 2.12. The summed E-state index contributed by atoms with van der Waals surface area (Å²) in [6.45, 7) is 0. The van der Waals surface area contributed by atoms with E-state index in [1.165, 1.54) is 30.3 Å². The molecule has 0 aromatic heterocycles. The zero-order chi connectivity index (χ0) is 15.4. The molecule has 0 aliphatic heterocycles. The molecule has 0 radical (unpaired) electrons. The van der Waals surface area contributed by atoms with Gasteiger partial charge in [-0.25, -0.2) is 8.78 Å². The minimum absolute atomic E-state index is 0.00894. The van der Waals surface area contributed by atoms with Gasteiger partial charge in [0, 0.05) is 0 Å². The Morgan fingerprint density at radius 3 is 2.29 bits per heavy atom. The fraction of sp³-hybridized carbons (Fsp3) is 0. The van der Waals surface area contributed by atoms with Crippen molar-refractivity contribution in [1.82, 2.24) is 0 Å². The summed E-state index contributed by atoms with van der Waals surface area (Å²) in [6.07, 6.45) is 2.47. The number of carbonyl (C=O) groups excluding carboxylic acids is 2. The van der Waals surface area contributed by atoms with Crippen LogP contribution in [0, 0.1) is 11.6 Å². The summed E-state index contributed by atoms with van der Waals surface area (Å²) in [6, 6.07) is 8.21. The van der Waals surface area contributed by atoms with E-state index in [4.69, 9.17) is 0 Å². The molecule has 0 N–H and O–H groups in total. The molecule has 0 spiro atoms. The summed E-state index contributed by atoms with van der Waals surface area (Å²) in [7, 11) is 0. The van der Waals surface area contributed by atoms with Gasteiger partial charge in [0.15, 0.2) is 5.78 Å². The van der Waals surface area contributed by atoms with Gasteiger partial charge >= 0.3 is 0 Å². The molecule has 0 unspecified atom stereocenters. The third-order valence-electron chi connectivity index (χ3n) is 2.77. The first-order chi connectivity index (χ1) is 9.97. The second-order valence-corrected chi connectivity index (χ2v) is 4.23. The van der Waals surface area contributed by atoms with Gasteiger partial charge < -0.3 is 9.90 Å². The lowest BCUT2D eigenvalue weighted by molar-refractivity contribution is -0.255. The number of carboxylic acids is 1. The minimum Gasteiger partial charge on any atom is -0.545 e. The Morgan fingerprint density at radius 1 is 1.00 bits per heavy atom. The monoisotopic (exact) mass is 287 g/mol. The first-order valence-corrected chi connectivity index (χ1v) is 5.96. The van der Waals surface area contributed by atoms with E-state index in [0.29, 0.717) is 5.56 Å². The summed E-state index contributed by atoms with van der Waals surface area (Å²) < 4.78 is 26.4. The molecule has 2 aromatic carbocycles. The van der Waals surface area contributed by atoms with Gasteiger partial charge in [-0.1, -0.05) is 30.3 Å².